The van der Waals surface area contributed by atoms with Crippen molar-refractivity contribution in [2.24, 2.45) is 0 Å². The lowest BCUT2D eigenvalue weighted by molar-refractivity contribution is 0.0978. The van der Waals surface area contributed by atoms with Crippen LogP contribution in [0.15, 0.2) is 36.4 Å². The standard InChI is InChI=1S/C24H30N2O5/c1-4-19(14(3)28)26(5-2)20-11-10-18(25-12-15(29)13-27)21-22(20)24(31)17-9-7-6-8-16(17)23(21)30/h6-11,14-15,19,25,27-29H,4-5,12-13H2,1-3H3. The van der Waals surface area contributed by atoms with Gasteiger partial charge in [-0.2, -0.15) is 0 Å². The van der Waals surface area contributed by atoms with Crippen LogP contribution in [0.5, 0.6) is 0 Å². The first-order valence-electron chi connectivity index (χ1n) is 10.7. The van der Waals surface area contributed by atoms with Crippen molar-refractivity contribution in [2.75, 3.05) is 29.9 Å². The van der Waals surface area contributed by atoms with Crippen molar-refractivity contribution in [1.82, 2.24) is 0 Å². The lowest BCUT2D eigenvalue weighted by Gasteiger charge is -2.37. The van der Waals surface area contributed by atoms with E-state index in [1.165, 1.54) is 0 Å². The second kappa shape index (κ2) is 9.60. The van der Waals surface area contributed by atoms with Crippen LogP contribution in [0.1, 0.15) is 59.0 Å². The molecule has 0 saturated heterocycles. The number of nitrogens with one attached hydrogen (secondary N) is 1. The van der Waals surface area contributed by atoms with Crippen LogP contribution in [0.4, 0.5) is 11.4 Å². The van der Waals surface area contributed by atoms with Crippen LogP contribution in [0.25, 0.3) is 0 Å². The first kappa shape index (κ1) is 22.9. The molecule has 0 aromatic heterocycles. The van der Waals surface area contributed by atoms with Gasteiger partial charge in [0.15, 0.2) is 11.6 Å². The molecular weight excluding hydrogens is 396 g/mol. The zero-order valence-corrected chi connectivity index (χ0v) is 18.1. The van der Waals surface area contributed by atoms with E-state index in [1.54, 1.807) is 43.3 Å². The third-order valence-electron chi connectivity index (χ3n) is 5.82. The SMILES string of the molecule is CCC(C(C)O)N(CC)c1ccc(NCC(O)CO)c2c1C(=O)c1ccccc1C2=O. The minimum absolute atomic E-state index is 0.0359. The molecule has 7 heteroatoms. The average Bonchev–Trinajstić information content (AvgIpc) is 2.78. The van der Waals surface area contributed by atoms with Crippen molar-refractivity contribution in [1.29, 1.82) is 0 Å². The van der Waals surface area contributed by atoms with E-state index in [0.29, 0.717) is 41.0 Å². The maximum atomic E-state index is 13.6. The fourth-order valence-corrected chi connectivity index (χ4v) is 4.29. The number of aliphatic hydroxyl groups excluding tert-OH is 3. The number of carbonyl (C=O) groups is 2. The van der Waals surface area contributed by atoms with E-state index in [-0.39, 0.29) is 29.7 Å². The molecule has 1 aliphatic carbocycles. The number of rotatable bonds is 9. The van der Waals surface area contributed by atoms with E-state index < -0.39 is 18.8 Å². The summed E-state index contributed by atoms with van der Waals surface area (Å²) in [5.74, 6) is -0.514. The molecule has 4 N–H and O–H groups in total. The highest BCUT2D eigenvalue weighted by atomic mass is 16.3. The maximum Gasteiger partial charge on any atom is 0.196 e. The van der Waals surface area contributed by atoms with Gasteiger partial charge < -0.3 is 25.5 Å². The second-order valence-electron chi connectivity index (χ2n) is 7.81. The summed E-state index contributed by atoms with van der Waals surface area (Å²) in [6.07, 6.45) is -0.953. The Morgan fingerprint density at radius 3 is 2.10 bits per heavy atom. The molecule has 0 saturated carbocycles. The van der Waals surface area contributed by atoms with Crippen LogP contribution in [-0.4, -0.2) is 64.8 Å². The zero-order chi connectivity index (χ0) is 22.7. The van der Waals surface area contributed by atoms with Gasteiger partial charge in [0, 0.05) is 35.6 Å². The van der Waals surface area contributed by atoms with E-state index in [1.807, 2.05) is 18.7 Å². The molecule has 7 nitrogen and oxygen atoms in total. The van der Waals surface area contributed by atoms with Gasteiger partial charge >= 0.3 is 0 Å². The van der Waals surface area contributed by atoms with Gasteiger partial charge in [0.25, 0.3) is 0 Å². The first-order valence-corrected chi connectivity index (χ1v) is 10.7. The zero-order valence-electron chi connectivity index (χ0n) is 18.1. The quantitative estimate of drug-likeness (QED) is 0.415. The summed E-state index contributed by atoms with van der Waals surface area (Å²) < 4.78 is 0. The summed E-state index contributed by atoms with van der Waals surface area (Å²) in [6.45, 7) is 5.81. The molecule has 0 heterocycles. The Kier molecular flexibility index (Phi) is 7.10. The van der Waals surface area contributed by atoms with Crippen molar-refractivity contribution in [3.63, 3.8) is 0 Å². The molecule has 0 aliphatic heterocycles. The van der Waals surface area contributed by atoms with Crippen LogP contribution in [0.2, 0.25) is 0 Å². The Morgan fingerprint density at radius 2 is 1.58 bits per heavy atom. The summed E-state index contributed by atoms with van der Waals surface area (Å²) >= 11 is 0. The minimum Gasteiger partial charge on any atom is -0.394 e. The molecule has 1 aliphatic rings. The molecule has 2 aromatic carbocycles. The number of likely N-dealkylation sites (N-methyl/N-ethyl adjacent to an activating group) is 1. The van der Waals surface area contributed by atoms with Gasteiger partial charge in [-0.15, -0.1) is 0 Å². The predicted octanol–water partition coefficient (Wildman–Crippen LogP) is 2.21. The Morgan fingerprint density at radius 1 is 0.968 bits per heavy atom. The summed E-state index contributed by atoms with van der Waals surface area (Å²) in [7, 11) is 0. The molecule has 0 spiro atoms. The van der Waals surface area contributed by atoms with Gasteiger partial charge in [-0.05, 0) is 32.4 Å². The smallest absolute Gasteiger partial charge is 0.196 e. The normalized spacial score (nSPS) is 15.7. The van der Waals surface area contributed by atoms with Gasteiger partial charge in [0.05, 0.1) is 36.0 Å². The summed E-state index contributed by atoms with van der Waals surface area (Å²) in [6, 6.07) is 10.0. The summed E-state index contributed by atoms with van der Waals surface area (Å²) in [5.41, 5.74) is 2.29. The Balaban J connectivity index is 2.21. The monoisotopic (exact) mass is 426 g/mol. The molecule has 166 valence electrons. The number of aliphatic hydroxyl groups is 3. The number of hydrogen-bond donors (Lipinski definition) is 4. The van der Waals surface area contributed by atoms with Crippen molar-refractivity contribution in [3.8, 4) is 0 Å². The number of anilines is 2. The fourth-order valence-electron chi connectivity index (χ4n) is 4.29. The molecule has 2 aromatic rings. The van der Waals surface area contributed by atoms with Crippen LogP contribution in [-0.2, 0) is 0 Å². The molecule has 0 amide bonds. The highest BCUT2D eigenvalue weighted by Gasteiger charge is 2.36. The van der Waals surface area contributed by atoms with Crippen molar-refractivity contribution in [2.45, 2.75) is 45.4 Å². The molecule has 3 unspecified atom stereocenters. The lowest BCUT2D eigenvalue weighted by Crippen LogP contribution is -2.43. The maximum absolute atomic E-state index is 13.6. The first-order chi connectivity index (χ1) is 14.8. The lowest BCUT2D eigenvalue weighted by atomic mass is 9.81. The Bertz CT molecular complexity index is 972. The molecule has 3 rings (SSSR count). The van der Waals surface area contributed by atoms with Crippen LogP contribution in [0.3, 0.4) is 0 Å². The number of benzene rings is 2. The highest BCUT2D eigenvalue weighted by Crippen LogP contribution is 2.39. The molecule has 0 fully saturated rings. The number of hydrogen-bond acceptors (Lipinski definition) is 7. The molecule has 31 heavy (non-hydrogen) atoms. The predicted molar refractivity (Wildman–Crippen MR) is 120 cm³/mol. The van der Waals surface area contributed by atoms with Gasteiger partial charge in [-0.3, -0.25) is 9.59 Å². The third-order valence-corrected chi connectivity index (χ3v) is 5.82. The van der Waals surface area contributed by atoms with Crippen LogP contribution in [0, 0.1) is 0 Å². The number of carbonyl (C=O) groups excluding carboxylic acids is 2. The topological polar surface area (TPSA) is 110 Å². The fraction of sp³-hybridized carbons (Fsp3) is 0.417. The van der Waals surface area contributed by atoms with Crippen LogP contribution >= 0.6 is 0 Å². The second-order valence-corrected chi connectivity index (χ2v) is 7.81. The van der Waals surface area contributed by atoms with Gasteiger partial charge in [-0.1, -0.05) is 31.2 Å². The third kappa shape index (κ3) is 4.21. The molecular formula is C24H30N2O5. The molecule has 0 radical (unpaired) electrons. The Labute approximate surface area is 182 Å². The molecule has 3 atom stereocenters. The van der Waals surface area contributed by atoms with E-state index in [0.717, 1.165) is 0 Å². The van der Waals surface area contributed by atoms with Crippen molar-refractivity contribution < 1.29 is 24.9 Å². The van der Waals surface area contributed by atoms with Crippen LogP contribution < -0.4 is 10.2 Å². The number of fused-ring (bicyclic) bond motifs is 2. The number of nitrogens with zero attached hydrogens (tertiary/aromatic N) is 1. The summed E-state index contributed by atoms with van der Waals surface area (Å²) in [4.78, 5) is 29.0. The van der Waals surface area contributed by atoms with E-state index in [9.17, 15) is 19.8 Å². The largest absolute Gasteiger partial charge is 0.394 e. The van der Waals surface area contributed by atoms with E-state index in [4.69, 9.17) is 5.11 Å². The summed E-state index contributed by atoms with van der Waals surface area (Å²) in [5, 5.41) is 32.2. The van der Waals surface area contributed by atoms with E-state index in [2.05, 4.69) is 5.32 Å². The van der Waals surface area contributed by atoms with Gasteiger partial charge in [-0.25, -0.2) is 0 Å². The van der Waals surface area contributed by atoms with Gasteiger partial charge in [0.1, 0.15) is 0 Å². The highest BCUT2D eigenvalue weighted by molar-refractivity contribution is 6.32. The van der Waals surface area contributed by atoms with Crippen molar-refractivity contribution >= 4 is 22.9 Å². The Hall–Kier alpha value is -2.74. The average molecular weight is 427 g/mol. The van der Waals surface area contributed by atoms with E-state index >= 15 is 0 Å². The number of ketones is 2. The van der Waals surface area contributed by atoms with Gasteiger partial charge in [0.2, 0.25) is 0 Å². The molecule has 0 bridgehead atoms. The van der Waals surface area contributed by atoms with Crippen molar-refractivity contribution in [3.05, 3.63) is 58.7 Å². The minimum atomic E-state index is -0.996.